The molecule has 0 heterocycles. The zero-order valence-electron chi connectivity index (χ0n) is 12.9. The summed E-state index contributed by atoms with van der Waals surface area (Å²) in [4.78, 5) is 15.5. The van der Waals surface area contributed by atoms with Crippen molar-refractivity contribution in [3.63, 3.8) is 0 Å². The topological polar surface area (TPSA) is 65.5 Å². The van der Waals surface area contributed by atoms with Crippen LogP contribution in [0.1, 0.15) is 12.0 Å². The number of terminal acetylenes is 1. The molecule has 0 aliphatic heterocycles. The minimum absolute atomic E-state index is 0. The average Bonchev–Trinajstić information content (AvgIpc) is 2.49. The highest BCUT2D eigenvalue weighted by molar-refractivity contribution is 14.0. The predicted octanol–water partition coefficient (Wildman–Crippen LogP) is 2.34. The van der Waals surface area contributed by atoms with Gasteiger partial charge in [-0.25, -0.2) is 0 Å². The molecule has 0 aromatic heterocycles. The molecule has 0 fully saturated rings. The lowest BCUT2D eigenvalue weighted by atomic mass is 10.2. The smallest absolute Gasteiger partial charge is 0.356 e. The van der Waals surface area contributed by atoms with Gasteiger partial charge in [0.1, 0.15) is 0 Å². The molecule has 0 spiro atoms. The number of hydrogen-bond donors (Lipinski definition) is 3. The van der Waals surface area contributed by atoms with E-state index in [1.165, 1.54) is 7.05 Å². The number of halogens is 4. The number of anilines is 1. The van der Waals surface area contributed by atoms with Crippen LogP contribution in [-0.4, -0.2) is 38.2 Å². The molecular weight excluding hydrogens is 436 g/mol. The third-order valence-corrected chi connectivity index (χ3v) is 2.65. The van der Waals surface area contributed by atoms with Crippen LogP contribution in [-0.2, 0) is 4.79 Å². The number of carbonyl (C=O) groups is 1. The zero-order valence-corrected chi connectivity index (χ0v) is 15.2. The summed E-state index contributed by atoms with van der Waals surface area (Å²) in [5.74, 6) is 2.18. The molecule has 1 amide bonds. The van der Waals surface area contributed by atoms with Gasteiger partial charge in [0.05, 0.1) is 13.0 Å². The number of amides is 1. The summed E-state index contributed by atoms with van der Waals surface area (Å²) in [6, 6.07) is 6.74. The molecule has 0 aliphatic rings. The van der Waals surface area contributed by atoms with Crippen molar-refractivity contribution >= 4 is 41.5 Å². The second-order valence-electron chi connectivity index (χ2n) is 4.49. The van der Waals surface area contributed by atoms with Crippen molar-refractivity contribution in [2.45, 2.75) is 12.6 Å². The first kappa shape index (κ1) is 22.0. The van der Waals surface area contributed by atoms with Crippen molar-refractivity contribution in [1.29, 1.82) is 0 Å². The Morgan fingerprint density at radius 1 is 1.33 bits per heavy atom. The minimum Gasteiger partial charge on any atom is -0.356 e. The lowest BCUT2D eigenvalue weighted by Gasteiger charge is -2.13. The van der Waals surface area contributed by atoms with Gasteiger partial charge in [0, 0.05) is 24.8 Å². The van der Waals surface area contributed by atoms with Crippen LogP contribution in [0.2, 0.25) is 0 Å². The van der Waals surface area contributed by atoms with Crippen molar-refractivity contribution in [3.05, 3.63) is 29.8 Å². The summed E-state index contributed by atoms with van der Waals surface area (Å²) < 4.78 is 36.1. The predicted molar refractivity (Wildman–Crippen MR) is 98.5 cm³/mol. The largest absolute Gasteiger partial charge is 0.390 e. The maximum Gasteiger partial charge on any atom is 0.390 e. The molecule has 5 nitrogen and oxygen atoms in total. The van der Waals surface area contributed by atoms with Gasteiger partial charge in [0.2, 0.25) is 5.91 Å². The van der Waals surface area contributed by atoms with Crippen molar-refractivity contribution in [3.8, 4) is 12.3 Å². The van der Waals surface area contributed by atoms with Crippen LogP contribution in [0.15, 0.2) is 29.3 Å². The number of aliphatic imine (C=N–C) groups is 1. The third kappa shape index (κ3) is 9.24. The van der Waals surface area contributed by atoms with Crippen LogP contribution in [0, 0.1) is 12.3 Å². The van der Waals surface area contributed by atoms with Gasteiger partial charge in [0.15, 0.2) is 5.96 Å². The van der Waals surface area contributed by atoms with E-state index in [-0.39, 0.29) is 48.9 Å². The van der Waals surface area contributed by atoms with Gasteiger partial charge in [-0.15, -0.1) is 30.4 Å². The number of rotatable bonds is 5. The number of carbonyl (C=O) groups excluding carboxylic acids is 1. The van der Waals surface area contributed by atoms with Gasteiger partial charge < -0.3 is 16.0 Å². The highest BCUT2D eigenvalue weighted by atomic mass is 127. The molecule has 0 bridgehead atoms. The Hall–Kier alpha value is -1.96. The molecule has 0 unspecified atom stereocenters. The molecule has 0 saturated heterocycles. The van der Waals surface area contributed by atoms with E-state index in [0.29, 0.717) is 11.3 Å². The van der Waals surface area contributed by atoms with E-state index < -0.39 is 12.6 Å². The molecule has 9 heteroatoms. The molecule has 0 saturated carbocycles. The van der Waals surface area contributed by atoms with E-state index in [9.17, 15) is 18.0 Å². The standard InChI is InChI=1S/C15H17F3N4O.HI/c1-3-11-5-4-6-12(9-11)22-13(23)10-21-14(19-2)20-8-7-15(16,17)18;/h1,4-6,9H,7-8,10H2,2H3,(H,22,23)(H2,19,20,21);1H. The molecule has 0 atom stereocenters. The van der Waals surface area contributed by atoms with Crippen LogP contribution in [0.25, 0.3) is 0 Å². The molecule has 3 N–H and O–H groups in total. The van der Waals surface area contributed by atoms with Crippen LogP contribution in [0.4, 0.5) is 18.9 Å². The molecule has 1 aromatic rings. The first-order valence-corrected chi connectivity index (χ1v) is 6.72. The molecule has 1 rings (SSSR count). The number of benzene rings is 1. The van der Waals surface area contributed by atoms with E-state index >= 15 is 0 Å². The van der Waals surface area contributed by atoms with E-state index in [2.05, 4.69) is 26.9 Å². The lowest BCUT2D eigenvalue weighted by Crippen LogP contribution is -2.42. The van der Waals surface area contributed by atoms with E-state index in [1.807, 2.05) is 0 Å². The summed E-state index contributed by atoms with van der Waals surface area (Å²) in [6.07, 6.45) is 0.0318. The van der Waals surface area contributed by atoms with Gasteiger partial charge in [-0.2, -0.15) is 13.2 Å². The molecule has 24 heavy (non-hydrogen) atoms. The van der Waals surface area contributed by atoms with Crippen molar-refractivity contribution in [2.24, 2.45) is 4.99 Å². The Morgan fingerprint density at radius 2 is 2.04 bits per heavy atom. The maximum absolute atomic E-state index is 12.0. The fourth-order valence-electron chi connectivity index (χ4n) is 1.60. The highest BCUT2D eigenvalue weighted by Gasteiger charge is 2.26. The second kappa shape index (κ2) is 10.7. The van der Waals surface area contributed by atoms with Gasteiger partial charge in [-0.1, -0.05) is 12.0 Å². The number of alkyl halides is 3. The third-order valence-electron chi connectivity index (χ3n) is 2.65. The Balaban J connectivity index is 0.00000529. The summed E-state index contributed by atoms with van der Waals surface area (Å²) >= 11 is 0. The summed E-state index contributed by atoms with van der Waals surface area (Å²) in [7, 11) is 1.40. The fraction of sp³-hybridized carbons (Fsp3) is 0.333. The van der Waals surface area contributed by atoms with Gasteiger partial charge in [-0.05, 0) is 18.2 Å². The first-order chi connectivity index (χ1) is 10.8. The highest BCUT2D eigenvalue weighted by Crippen LogP contribution is 2.18. The second-order valence-corrected chi connectivity index (χ2v) is 4.49. The number of nitrogens with one attached hydrogen (secondary N) is 3. The maximum atomic E-state index is 12.0. The van der Waals surface area contributed by atoms with Gasteiger partial charge in [0.25, 0.3) is 0 Å². The average molecular weight is 454 g/mol. The first-order valence-electron chi connectivity index (χ1n) is 6.72. The fourth-order valence-corrected chi connectivity index (χ4v) is 1.60. The van der Waals surface area contributed by atoms with Crippen LogP contribution in [0.3, 0.4) is 0 Å². The number of nitrogens with zero attached hydrogens (tertiary/aromatic N) is 1. The van der Waals surface area contributed by atoms with Crippen molar-refractivity contribution < 1.29 is 18.0 Å². The monoisotopic (exact) mass is 454 g/mol. The molecule has 1 aromatic carbocycles. The zero-order chi connectivity index (χ0) is 17.3. The normalized spacial score (nSPS) is 11.0. The SMILES string of the molecule is C#Cc1cccc(NC(=O)CNC(=NC)NCCC(F)(F)F)c1.I. The van der Waals surface area contributed by atoms with E-state index in [0.717, 1.165) is 0 Å². The molecule has 0 aliphatic carbocycles. The lowest BCUT2D eigenvalue weighted by molar-refractivity contribution is -0.132. The van der Waals surface area contributed by atoms with Crippen LogP contribution >= 0.6 is 24.0 Å². The van der Waals surface area contributed by atoms with E-state index in [1.54, 1.807) is 24.3 Å². The Labute approximate surface area is 155 Å². The summed E-state index contributed by atoms with van der Waals surface area (Å²) in [5.41, 5.74) is 1.16. The Bertz CT molecular complexity index is 611. The molecule has 0 radical (unpaired) electrons. The molecule has 132 valence electrons. The Kier molecular flexibility index (Phi) is 9.87. The summed E-state index contributed by atoms with van der Waals surface area (Å²) in [5, 5.41) is 7.72. The van der Waals surface area contributed by atoms with Gasteiger partial charge >= 0.3 is 6.18 Å². The Morgan fingerprint density at radius 3 is 2.62 bits per heavy atom. The molecular formula is C15H18F3IN4O. The van der Waals surface area contributed by atoms with E-state index in [4.69, 9.17) is 6.42 Å². The summed E-state index contributed by atoms with van der Waals surface area (Å²) in [6.45, 7) is -0.471. The van der Waals surface area contributed by atoms with Crippen molar-refractivity contribution in [1.82, 2.24) is 10.6 Å². The van der Waals surface area contributed by atoms with Gasteiger partial charge in [-0.3, -0.25) is 9.79 Å². The number of guanidine groups is 1. The quantitative estimate of drug-likeness (QED) is 0.277. The van der Waals surface area contributed by atoms with Crippen LogP contribution in [0.5, 0.6) is 0 Å². The van der Waals surface area contributed by atoms with Crippen LogP contribution < -0.4 is 16.0 Å². The number of hydrogen-bond acceptors (Lipinski definition) is 2. The van der Waals surface area contributed by atoms with Crippen molar-refractivity contribution in [2.75, 3.05) is 25.5 Å². The minimum atomic E-state index is -4.24.